The Morgan fingerprint density at radius 1 is 1.21 bits per heavy atom. The minimum atomic E-state index is -4.26. The number of sulfonamides is 1. The van der Waals surface area contributed by atoms with E-state index in [9.17, 15) is 18.3 Å². The summed E-state index contributed by atoms with van der Waals surface area (Å²) in [5, 5.41) is 10.5. The summed E-state index contributed by atoms with van der Waals surface area (Å²) < 4.78 is 34.1. The van der Waals surface area contributed by atoms with Gasteiger partial charge in [-0.2, -0.15) is 4.72 Å². The second kappa shape index (κ2) is 10.9. The molecule has 34 heavy (non-hydrogen) atoms. The molecule has 0 saturated heterocycles. The predicted molar refractivity (Wildman–Crippen MR) is 134 cm³/mol. The van der Waals surface area contributed by atoms with Gasteiger partial charge in [0, 0.05) is 40.5 Å². The molecule has 1 radical (unpaired) electrons. The van der Waals surface area contributed by atoms with Crippen molar-refractivity contribution in [1.82, 2.24) is 9.71 Å². The van der Waals surface area contributed by atoms with Crippen molar-refractivity contribution in [3.63, 3.8) is 0 Å². The van der Waals surface area contributed by atoms with Gasteiger partial charge in [-0.1, -0.05) is 42.3 Å². The molecule has 1 atom stereocenters. The summed E-state index contributed by atoms with van der Waals surface area (Å²) in [7, 11) is -4.26. The predicted octanol–water partition coefficient (Wildman–Crippen LogP) is 4.89. The number of nitrogens with zero attached hydrogens (tertiary/aromatic N) is 1. The van der Waals surface area contributed by atoms with Crippen LogP contribution in [0.4, 0.5) is 0 Å². The molecule has 7 nitrogen and oxygen atoms in total. The fraction of sp³-hybridized carbons (Fsp3) is 0.304. The minimum Gasteiger partial charge on any atom is -0.487 e. The van der Waals surface area contributed by atoms with E-state index in [1.807, 2.05) is 32.0 Å². The zero-order valence-electron chi connectivity index (χ0n) is 19.6. The molecule has 1 aromatic heterocycles. The Morgan fingerprint density at radius 3 is 2.50 bits per heavy atom. The van der Waals surface area contributed by atoms with Gasteiger partial charge in [0.2, 0.25) is 10.0 Å². The van der Waals surface area contributed by atoms with Gasteiger partial charge in [-0.15, -0.1) is 0 Å². The van der Waals surface area contributed by atoms with Crippen LogP contribution < -0.4 is 9.46 Å². The zero-order chi connectivity index (χ0) is 24.6. The smallest absolute Gasteiger partial charge is 0.324 e. The molecule has 2 N–H and O–H groups in total. The number of carboxylic acids is 1. The SMILES string of the molecule is CC[C@](C)(NS(=O)(=O)c1ccc(Cl)c(COc2cccc3c(C)cc(C)nc23)c1Cl)C(=O)O.[Li]. The number of hydrogen-bond donors (Lipinski definition) is 2. The zero-order valence-corrected chi connectivity index (χ0v) is 21.9. The standard InChI is InChI=1S/C23H24Cl2N2O5S.Li/c1-5-23(4,22(28)29)27-33(30,31)19-10-9-17(24)16(20(19)25)12-32-18-8-6-7-15-13(2)11-14(3)26-21(15)18;/h6-11,27H,5,12H2,1-4H3,(H,28,29);/t23-;/m0./s1. The number of nitrogens with one attached hydrogen (secondary N) is 1. The summed E-state index contributed by atoms with van der Waals surface area (Å²) in [5.74, 6) is -0.793. The molecule has 3 rings (SSSR count). The van der Waals surface area contributed by atoms with Crippen molar-refractivity contribution < 1.29 is 23.1 Å². The van der Waals surface area contributed by atoms with Crippen molar-refractivity contribution in [1.29, 1.82) is 0 Å². The first-order chi connectivity index (χ1) is 15.4. The Labute approximate surface area is 221 Å². The molecule has 1 heterocycles. The number of benzene rings is 2. The Kier molecular flexibility index (Phi) is 9.09. The number of hydrogen-bond acceptors (Lipinski definition) is 5. The van der Waals surface area contributed by atoms with Gasteiger partial charge in [0.1, 0.15) is 28.3 Å². The normalized spacial score (nSPS) is 13.2. The number of para-hydroxylation sites is 1. The van der Waals surface area contributed by atoms with Crippen LogP contribution in [0.5, 0.6) is 5.75 Å². The molecule has 0 aliphatic carbocycles. The maximum Gasteiger partial charge on any atom is 0.324 e. The molecule has 11 heteroatoms. The van der Waals surface area contributed by atoms with E-state index < -0.39 is 21.5 Å². The van der Waals surface area contributed by atoms with E-state index in [1.165, 1.54) is 19.1 Å². The van der Waals surface area contributed by atoms with E-state index in [4.69, 9.17) is 27.9 Å². The molecule has 2 aromatic carbocycles. The van der Waals surface area contributed by atoms with Gasteiger partial charge in [0.05, 0.1) is 5.02 Å². The molecule has 0 amide bonds. The van der Waals surface area contributed by atoms with Crippen LogP contribution in [0, 0.1) is 13.8 Å². The van der Waals surface area contributed by atoms with Gasteiger partial charge < -0.3 is 9.84 Å². The number of fused-ring (bicyclic) bond motifs is 1. The van der Waals surface area contributed by atoms with E-state index in [0.717, 1.165) is 16.6 Å². The number of ether oxygens (including phenoxy) is 1. The van der Waals surface area contributed by atoms with Gasteiger partial charge in [0.25, 0.3) is 0 Å². The molecule has 0 aliphatic heterocycles. The van der Waals surface area contributed by atoms with Crippen LogP contribution in [-0.2, 0) is 21.4 Å². The van der Waals surface area contributed by atoms with E-state index in [2.05, 4.69) is 9.71 Å². The van der Waals surface area contributed by atoms with Crippen LogP contribution >= 0.6 is 23.2 Å². The van der Waals surface area contributed by atoms with Crippen molar-refractivity contribution in [2.75, 3.05) is 0 Å². The van der Waals surface area contributed by atoms with Gasteiger partial charge in [0.15, 0.2) is 0 Å². The fourth-order valence-corrected chi connectivity index (χ4v) is 5.68. The third-order valence-corrected chi connectivity index (χ3v) is 8.02. The molecule has 0 fully saturated rings. The monoisotopic (exact) mass is 517 g/mol. The van der Waals surface area contributed by atoms with Crippen molar-refractivity contribution in [2.45, 2.75) is 51.2 Å². The van der Waals surface area contributed by atoms with Crippen molar-refractivity contribution in [3.05, 3.63) is 63.3 Å². The summed E-state index contributed by atoms with van der Waals surface area (Å²) in [4.78, 5) is 15.9. The molecule has 0 bridgehead atoms. The molecule has 0 unspecified atom stereocenters. The first kappa shape index (κ1) is 28.4. The second-order valence-corrected chi connectivity index (χ2v) is 10.4. The number of pyridine rings is 1. The third kappa shape index (κ3) is 5.71. The van der Waals surface area contributed by atoms with Crippen LogP contribution in [0.1, 0.15) is 37.1 Å². The number of carbonyl (C=O) groups is 1. The third-order valence-electron chi connectivity index (χ3n) is 5.49. The summed E-state index contributed by atoms with van der Waals surface area (Å²) in [6.07, 6.45) is 0.0374. The van der Waals surface area contributed by atoms with Gasteiger partial charge in [-0.25, -0.2) is 13.4 Å². The maximum atomic E-state index is 13.0. The number of carboxylic acid groups (broad SMARTS) is 1. The Hall–Kier alpha value is -1.79. The molecular weight excluding hydrogens is 494 g/mol. The quantitative estimate of drug-likeness (QED) is 0.412. The fourth-order valence-electron chi connectivity index (χ4n) is 3.36. The van der Waals surface area contributed by atoms with E-state index >= 15 is 0 Å². The summed E-state index contributed by atoms with van der Waals surface area (Å²) in [6.45, 7) is 6.62. The van der Waals surface area contributed by atoms with E-state index in [1.54, 1.807) is 13.0 Å². The number of aliphatic carboxylic acids is 1. The Bertz CT molecular complexity index is 1350. The van der Waals surface area contributed by atoms with Gasteiger partial charge >= 0.3 is 5.97 Å². The minimum absolute atomic E-state index is 0. The van der Waals surface area contributed by atoms with Gasteiger partial charge in [-0.05, 0) is 57.0 Å². The topological polar surface area (TPSA) is 106 Å². The summed E-state index contributed by atoms with van der Waals surface area (Å²) >= 11 is 12.7. The molecular formula is C23H24Cl2LiN2O5S. The molecule has 0 aliphatic rings. The first-order valence-corrected chi connectivity index (χ1v) is 12.4. The van der Waals surface area contributed by atoms with E-state index in [-0.39, 0.29) is 52.4 Å². The molecule has 177 valence electrons. The van der Waals surface area contributed by atoms with Gasteiger partial charge in [-0.3, -0.25) is 4.79 Å². The van der Waals surface area contributed by atoms with Crippen LogP contribution in [-0.4, -0.2) is 48.9 Å². The number of aromatic nitrogens is 1. The van der Waals surface area contributed by atoms with Crippen LogP contribution in [0.2, 0.25) is 10.0 Å². The summed E-state index contributed by atoms with van der Waals surface area (Å²) in [5.41, 5.74) is 1.13. The number of halogens is 2. The van der Waals surface area contributed by atoms with Crippen LogP contribution in [0.25, 0.3) is 10.9 Å². The maximum absolute atomic E-state index is 13.0. The van der Waals surface area contributed by atoms with Crippen molar-refractivity contribution in [2.24, 2.45) is 0 Å². The van der Waals surface area contributed by atoms with Crippen LogP contribution in [0.15, 0.2) is 41.3 Å². The first-order valence-electron chi connectivity index (χ1n) is 10.1. The molecule has 3 aromatic rings. The summed E-state index contributed by atoms with van der Waals surface area (Å²) in [6, 6.07) is 10.1. The average molecular weight is 518 g/mol. The Morgan fingerprint density at radius 2 is 1.88 bits per heavy atom. The number of rotatable bonds is 8. The van der Waals surface area contributed by atoms with Crippen molar-refractivity contribution >= 4 is 69.0 Å². The average Bonchev–Trinajstić information content (AvgIpc) is 2.73. The molecule has 0 spiro atoms. The molecule has 0 saturated carbocycles. The van der Waals surface area contributed by atoms with E-state index in [0.29, 0.717) is 11.3 Å². The van der Waals surface area contributed by atoms with Crippen molar-refractivity contribution in [3.8, 4) is 5.75 Å². The Balaban J connectivity index is 0.00000408. The number of aryl methyl sites for hydroxylation is 2. The second-order valence-electron chi connectivity index (χ2n) is 7.96. The largest absolute Gasteiger partial charge is 0.487 e. The van der Waals surface area contributed by atoms with Crippen LogP contribution in [0.3, 0.4) is 0 Å².